The molecule has 0 atom stereocenters. The van der Waals surface area contributed by atoms with Gasteiger partial charge in [0.1, 0.15) is 5.01 Å². The first-order valence-electron chi connectivity index (χ1n) is 6.65. The van der Waals surface area contributed by atoms with Crippen LogP contribution in [0.2, 0.25) is 0 Å². The number of rotatable bonds is 4. The fraction of sp³-hybridized carbons (Fsp3) is 0.438. The second-order valence-electron chi connectivity index (χ2n) is 5.81. The maximum atomic E-state index is 9.37. The molecule has 0 aliphatic heterocycles. The quantitative estimate of drug-likeness (QED) is 0.933. The molecule has 0 aliphatic rings. The van der Waals surface area contributed by atoms with Gasteiger partial charge < -0.3 is 9.84 Å². The van der Waals surface area contributed by atoms with Crippen molar-refractivity contribution in [3.63, 3.8) is 0 Å². The van der Waals surface area contributed by atoms with Crippen molar-refractivity contribution >= 4 is 11.3 Å². The number of benzene rings is 1. The molecule has 108 valence electrons. The molecule has 1 aromatic heterocycles. The third-order valence-corrected chi connectivity index (χ3v) is 4.33. The van der Waals surface area contributed by atoms with E-state index in [1.165, 1.54) is 16.9 Å². The highest BCUT2D eigenvalue weighted by molar-refractivity contribution is 7.15. The molecule has 0 bridgehead atoms. The van der Waals surface area contributed by atoms with Crippen LogP contribution in [0.3, 0.4) is 0 Å². The van der Waals surface area contributed by atoms with E-state index in [1.807, 2.05) is 0 Å². The van der Waals surface area contributed by atoms with Gasteiger partial charge in [0, 0.05) is 12.7 Å². The molecular formula is C16H21NO2S. The topological polar surface area (TPSA) is 42.4 Å². The van der Waals surface area contributed by atoms with E-state index < -0.39 is 0 Å². The highest BCUT2D eigenvalue weighted by Gasteiger charge is 2.15. The molecule has 0 aliphatic carbocycles. The SMILES string of the molecule is COCc1nc(-c2ccc(C(C)(C)C)cc2)sc1CO. The molecule has 1 aromatic carbocycles. The Morgan fingerprint density at radius 3 is 2.35 bits per heavy atom. The smallest absolute Gasteiger partial charge is 0.124 e. The number of nitrogens with zero attached hydrogens (tertiary/aromatic N) is 1. The van der Waals surface area contributed by atoms with Crippen LogP contribution in [0, 0.1) is 0 Å². The fourth-order valence-corrected chi connectivity index (χ4v) is 2.92. The number of aliphatic hydroxyl groups excluding tert-OH is 1. The average molecular weight is 291 g/mol. The summed E-state index contributed by atoms with van der Waals surface area (Å²) in [6, 6.07) is 8.48. The van der Waals surface area contributed by atoms with Gasteiger partial charge in [0.2, 0.25) is 0 Å². The van der Waals surface area contributed by atoms with Crippen LogP contribution in [-0.2, 0) is 23.4 Å². The first kappa shape index (κ1) is 15.2. The predicted molar refractivity (Wildman–Crippen MR) is 82.9 cm³/mol. The molecule has 0 fully saturated rings. The monoisotopic (exact) mass is 291 g/mol. The minimum Gasteiger partial charge on any atom is -0.391 e. The minimum atomic E-state index is 0.0104. The second-order valence-corrected chi connectivity index (χ2v) is 6.89. The molecule has 2 rings (SSSR count). The van der Waals surface area contributed by atoms with E-state index in [0.717, 1.165) is 21.1 Å². The van der Waals surface area contributed by atoms with E-state index in [-0.39, 0.29) is 12.0 Å². The summed E-state index contributed by atoms with van der Waals surface area (Å²) < 4.78 is 5.12. The number of ether oxygens (including phenoxy) is 1. The van der Waals surface area contributed by atoms with Crippen LogP contribution in [0.4, 0.5) is 0 Å². The number of aromatic nitrogens is 1. The summed E-state index contributed by atoms with van der Waals surface area (Å²) in [5.41, 5.74) is 3.37. The lowest BCUT2D eigenvalue weighted by molar-refractivity contribution is 0.179. The molecule has 4 heteroatoms. The molecule has 0 spiro atoms. The largest absolute Gasteiger partial charge is 0.391 e. The number of thiazole rings is 1. The Morgan fingerprint density at radius 2 is 1.85 bits per heavy atom. The molecule has 1 heterocycles. The molecule has 0 saturated heterocycles. The first-order valence-corrected chi connectivity index (χ1v) is 7.46. The van der Waals surface area contributed by atoms with Gasteiger partial charge in [0.15, 0.2) is 0 Å². The van der Waals surface area contributed by atoms with Crippen LogP contribution in [0.25, 0.3) is 10.6 Å². The van der Waals surface area contributed by atoms with Crippen molar-refractivity contribution in [2.24, 2.45) is 0 Å². The van der Waals surface area contributed by atoms with E-state index in [0.29, 0.717) is 6.61 Å². The van der Waals surface area contributed by atoms with Gasteiger partial charge in [-0.1, -0.05) is 45.0 Å². The lowest BCUT2D eigenvalue weighted by Gasteiger charge is -2.18. The molecule has 0 saturated carbocycles. The van der Waals surface area contributed by atoms with Crippen LogP contribution in [0.1, 0.15) is 36.9 Å². The lowest BCUT2D eigenvalue weighted by Crippen LogP contribution is -2.10. The van der Waals surface area contributed by atoms with Crippen molar-refractivity contribution in [3.8, 4) is 10.6 Å². The Bertz CT molecular complexity index is 567. The summed E-state index contributed by atoms with van der Waals surface area (Å²) in [6.45, 7) is 7.05. The highest BCUT2D eigenvalue weighted by atomic mass is 32.1. The Balaban J connectivity index is 2.32. The van der Waals surface area contributed by atoms with Gasteiger partial charge in [-0.2, -0.15) is 0 Å². The molecule has 2 aromatic rings. The van der Waals surface area contributed by atoms with Gasteiger partial charge in [-0.15, -0.1) is 11.3 Å². The van der Waals surface area contributed by atoms with Crippen molar-refractivity contribution < 1.29 is 9.84 Å². The third kappa shape index (κ3) is 3.26. The number of hydrogen-bond acceptors (Lipinski definition) is 4. The Hall–Kier alpha value is -1.23. The summed E-state index contributed by atoms with van der Waals surface area (Å²) in [4.78, 5) is 5.44. The van der Waals surface area contributed by atoms with E-state index in [4.69, 9.17) is 4.74 Å². The number of hydrogen-bond donors (Lipinski definition) is 1. The zero-order valence-electron chi connectivity index (χ0n) is 12.4. The Kier molecular flexibility index (Phi) is 4.58. The van der Waals surface area contributed by atoms with Gasteiger partial charge in [0.05, 0.1) is 23.8 Å². The van der Waals surface area contributed by atoms with Crippen LogP contribution in [0.15, 0.2) is 24.3 Å². The maximum absolute atomic E-state index is 9.37. The summed E-state index contributed by atoms with van der Waals surface area (Å²) in [6.07, 6.45) is 0. The standard InChI is InChI=1S/C16H21NO2S/c1-16(2,3)12-7-5-11(6-8-12)15-17-13(10-19-4)14(9-18)20-15/h5-8,18H,9-10H2,1-4H3. The third-order valence-electron chi connectivity index (χ3n) is 3.20. The van der Waals surface area contributed by atoms with Gasteiger partial charge in [0.25, 0.3) is 0 Å². The van der Waals surface area contributed by atoms with Crippen LogP contribution in [-0.4, -0.2) is 17.2 Å². The fourth-order valence-electron chi connectivity index (χ4n) is 1.99. The van der Waals surface area contributed by atoms with Gasteiger partial charge in [-0.25, -0.2) is 4.98 Å². The van der Waals surface area contributed by atoms with Gasteiger partial charge >= 0.3 is 0 Å². The average Bonchev–Trinajstić information content (AvgIpc) is 2.81. The van der Waals surface area contributed by atoms with Crippen molar-refractivity contribution in [3.05, 3.63) is 40.4 Å². The number of aliphatic hydroxyl groups is 1. The molecule has 20 heavy (non-hydrogen) atoms. The second kappa shape index (κ2) is 6.04. The summed E-state index contributed by atoms with van der Waals surface area (Å²) >= 11 is 1.52. The predicted octanol–water partition coefficient (Wildman–Crippen LogP) is 3.75. The van der Waals surface area contributed by atoms with Gasteiger partial charge in [-0.05, 0) is 11.0 Å². The van der Waals surface area contributed by atoms with Crippen LogP contribution < -0.4 is 0 Å². The van der Waals surface area contributed by atoms with Crippen molar-refractivity contribution in [1.82, 2.24) is 4.98 Å². The summed E-state index contributed by atoms with van der Waals surface area (Å²) in [5.74, 6) is 0. The van der Waals surface area contributed by atoms with Crippen molar-refractivity contribution in [2.75, 3.05) is 7.11 Å². The maximum Gasteiger partial charge on any atom is 0.124 e. The van der Waals surface area contributed by atoms with Crippen molar-refractivity contribution in [1.29, 1.82) is 0 Å². The summed E-state index contributed by atoms with van der Waals surface area (Å²) in [5, 5.41) is 10.3. The molecule has 0 amide bonds. The Morgan fingerprint density at radius 1 is 1.20 bits per heavy atom. The Labute approximate surface area is 124 Å². The number of methoxy groups -OCH3 is 1. The first-order chi connectivity index (χ1) is 9.45. The van der Waals surface area contributed by atoms with E-state index in [9.17, 15) is 5.11 Å². The van der Waals surface area contributed by atoms with E-state index in [2.05, 4.69) is 50.0 Å². The molecule has 0 unspecified atom stereocenters. The normalized spacial score (nSPS) is 11.8. The van der Waals surface area contributed by atoms with Gasteiger partial charge in [-0.3, -0.25) is 0 Å². The molecular weight excluding hydrogens is 270 g/mol. The summed E-state index contributed by atoms with van der Waals surface area (Å²) in [7, 11) is 1.64. The van der Waals surface area contributed by atoms with Crippen molar-refractivity contribution in [2.45, 2.75) is 39.4 Å². The lowest BCUT2D eigenvalue weighted by atomic mass is 9.87. The zero-order chi connectivity index (χ0) is 14.8. The van der Waals surface area contributed by atoms with Crippen LogP contribution in [0.5, 0.6) is 0 Å². The minimum absolute atomic E-state index is 0.0104. The van der Waals surface area contributed by atoms with E-state index in [1.54, 1.807) is 7.11 Å². The van der Waals surface area contributed by atoms with Crippen LogP contribution >= 0.6 is 11.3 Å². The molecule has 1 N–H and O–H groups in total. The highest BCUT2D eigenvalue weighted by Crippen LogP contribution is 2.30. The zero-order valence-corrected chi connectivity index (χ0v) is 13.3. The molecule has 3 nitrogen and oxygen atoms in total. The van der Waals surface area contributed by atoms with E-state index >= 15 is 0 Å². The molecule has 0 radical (unpaired) electrons.